The van der Waals surface area contributed by atoms with Gasteiger partial charge in [-0.1, -0.05) is 18.2 Å². The SMILES string of the molecule is CCOc1ccc(B2OB(c3ccc(OCC)c(F)c3F)OB(c3ccc(OCC)c(F)c3F)O2)c(F)c1F. The Bertz CT molecular complexity index is 1180. The smallest absolute Gasteiger partial charge is 0.470 e. The van der Waals surface area contributed by atoms with Gasteiger partial charge < -0.3 is 27.9 Å². The van der Waals surface area contributed by atoms with Gasteiger partial charge in [0, 0.05) is 16.4 Å². The normalized spacial score (nSPS) is 13.6. The van der Waals surface area contributed by atoms with Crippen molar-refractivity contribution in [3.63, 3.8) is 0 Å². The van der Waals surface area contributed by atoms with Crippen LogP contribution in [-0.4, -0.2) is 41.2 Å². The Hall–Kier alpha value is -3.29. The molecule has 1 fully saturated rings. The lowest BCUT2D eigenvalue weighted by molar-refractivity contribution is 0.299. The molecule has 1 heterocycles. The van der Waals surface area contributed by atoms with E-state index in [1.807, 2.05) is 0 Å². The zero-order valence-corrected chi connectivity index (χ0v) is 21.0. The third-order valence-electron chi connectivity index (χ3n) is 5.63. The summed E-state index contributed by atoms with van der Waals surface area (Å²) in [5.74, 6) is -9.55. The minimum Gasteiger partial charge on any atom is -0.491 e. The quantitative estimate of drug-likeness (QED) is 0.301. The van der Waals surface area contributed by atoms with Crippen molar-refractivity contribution in [1.82, 2.24) is 0 Å². The maximum atomic E-state index is 15.0. The molecule has 15 heteroatoms. The molecule has 0 aromatic heterocycles. The van der Waals surface area contributed by atoms with Crippen molar-refractivity contribution in [3.8, 4) is 17.2 Å². The van der Waals surface area contributed by atoms with Crippen LogP contribution in [0.3, 0.4) is 0 Å². The van der Waals surface area contributed by atoms with Crippen LogP contribution in [0, 0.1) is 34.9 Å². The van der Waals surface area contributed by atoms with Crippen LogP contribution in [0.15, 0.2) is 36.4 Å². The number of ether oxygens (including phenoxy) is 3. The van der Waals surface area contributed by atoms with E-state index >= 15 is 13.2 Å². The number of rotatable bonds is 9. The monoisotopic (exact) mass is 552 g/mol. The number of halogens is 6. The third kappa shape index (κ3) is 5.70. The summed E-state index contributed by atoms with van der Waals surface area (Å²) >= 11 is 0. The molecule has 204 valence electrons. The fraction of sp³-hybridized carbons (Fsp3) is 0.250. The molecular weight excluding hydrogens is 531 g/mol. The van der Waals surface area contributed by atoms with Gasteiger partial charge >= 0.3 is 21.4 Å². The summed E-state index contributed by atoms with van der Waals surface area (Å²) in [4.78, 5) is 0. The Morgan fingerprint density at radius 2 is 0.718 bits per heavy atom. The highest BCUT2D eigenvalue weighted by Gasteiger charge is 2.47. The summed E-state index contributed by atoms with van der Waals surface area (Å²) in [5.41, 5.74) is -1.56. The first kappa shape index (κ1) is 28.7. The van der Waals surface area contributed by atoms with Gasteiger partial charge in [0.25, 0.3) is 0 Å². The highest BCUT2D eigenvalue weighted by atomic mass is 19.2. The average Bonchev–Trinajstić information content (AvgIpc) is 2.92. The van der Waals surface area contributed by atoms with Gasteiger partial charge in [-0.25, -0.2) is 13.2 Å². The Morgan fingerprint density at radius 3 is 0.949 bits per heavy atom. The molecule has 0 unspecified atom stereocenters. The molecule has 0 N–H and O–H groups in total. The molecule has 0 amide bonds. The van der Waals surface area contributed by atoms with Crippen LogP contribution in [0.1, 0.15) is 20.8 Å². The van der Waals surface area contributed by atoms with Gasteiger partial charge in [0.2, 0.25) is 0 Å². The first-order chi connectivity index (χ1) is 18.7. The predicted molar refractivity (Wildman–Crippen MR) is 132 cm³/mol. The van der Waals surface area contributed by atoms with Crippen LogP contribution in [0.2, 0.25) is 0 Å². The molecule has 1 aliphatic rings. The van der Waals surface area contributed by atoms with Crippen LogP contribution in [0.25, 0.3) is 0 Å². The summed E-state index contributed by atoms with van der Waals surface area (Å²) in [6.45, 7) is 4.86. The summed E-state index contributed by atoms with van der Waals surface area (Å²) in [6, 6.07) is 6.57. The Kier molecular flexibility index (Phi) is 9.03. The van der Waals surface area contributed by atoms with Crippen LogP contribution < -0.4 is 30.6 Å². The Morgan fingerprint density at radius 1 is 0.462 bits per heavy atom. The zero-order chi connectivity index (χ0) is 28.3. The molecule has 39 heavy (non-hydrogen) atoms. The van der Waals surface area contributed by atoms with E-state index in [9.17, 15) is 13.2 Å². The lowest BCUT2D eigenvalue weighted by Crippen LogP contribution is -2.62. The van der Waals surface area contributed by atoms with Crippen molar-refractivity contribution in [1.29, 1.82) is 0 Å². The molecule has 0 spiro atoms. The van der Waals surface area contributed by atoms with Gasteiger partial charge in [-0.15, -0.1) is 0 Å². The second kappa shape index (κ2) is 12.3. The second-order valence-electron chi connectivity index (χ2n) is 8.05. The van der Waals surface area contributed by atoms with Gasteiger partial charge in [-0.2, -0.15) is 13.2 Å². The lowest BCUT2D eigenvalue weighted by atomic mass is 9.61. The first-order valence-electron chi connectivity index (χ1n) is 12.0. The molecule has 1 aliphatic heterocycles. The number of benzene rings is 3. The van der Waals surface area contributed by atoms with E-state index in [0.29, 0.717) is 0 Å². The second-order valence-corrected chi connectivity index (χ2v) is 8.05. The van der Waals surface area contributed by atoms with Crippen molar-refractivity contribution in [2.24, 2.45) is 0 Å². The molecular formula is C24H21B3F6O6. The summed E-state index contributed by atoms with van der Waals surface area (Å²) in [5, 5.41) is 0. The van der Waals surface area contributed by atoms with Gasteiger partial charge in [-0.3, -0.25) is 0 Å². The van der Waals surface area contributed by atoms with Crippen molar-refractivity contribution in [2.75, 3.05) is 19.8 Å². The van der Waals surface area contributed by atoms with Gasteiger partial charge in [0.05, 0.1) is 19.8 Å². The fourth-order valence-electron chi connectivity index (χ4n) is 3.86. The van der Waals surface area contributed by atoms with Gasteiger partial charge in [-0.05, 0) is 39.0 Å². The molecule has 3 aromatic rings. The fourth-order valence-corrected chi connectivity index (χ4v) is 3.86. The van der Waals surface area contributed by atoms with E-state index in [2.05, 4.69) is 0 Å². The largest absolute Gasteiger partial charge is 0.491 e. The van der Waals surface area contributed by atoms with Gasteiger partial charge in [0.15, 0.2) is 52.2 Å². The third-order valence-corrected chi connectivity index (χ3v) is 5.63. The van der Waals surface area contributed by atoms with E-state index in [1.54, 1.807) is 20.8 Å². The maximum Gasteiger partial charge on any atom is 0.470 e. The first-order valence-corrected chi connectivity index (χ1v) is 12.0. The molecule has 0 bridgehead atoms. The standard InChI is InChI=1S/C24H21B3F6O6/c1-4-34-16-10-7-13(19(28)22(16)31)25-37-26(14-8-11-17(35-5-2)23(32)20(14)29)39-27(38-25)15-9-12-18(36-6-3)24(33)21(15)30/h7-12H,4-6H2,1-3H3. The van der Waals surface area contributed by atoms with Crippen LogP contribution in [-0.2, 0) is 13.7 Å². The molecule has 0 radical (unpaired) electrons. The van der Waals surface area contributed by atoms with E-state index < -0.39 is 89.9 Å². The molecule has 1 saturated heterocycles. The van der Waals surface area contributed by atoms with Gasteiger partial charge in [0.1, 0.15) is 0 Å². The molecule has 6 nitrogen and oxygen atoms in total. The Balaban J connectivity index is 1.79. The van der Waals surface area contributed by atoms with Crippen molar-refractivity contribution >= 4 is 37.7 Å². The molecule has 0 atom stereocenters. The highest BCUT2D eigenvalue weighted by Crippen LogP contribution is 2.24. The topological polar surface area (TPSA) is 55.4 Å². The summed E-state index contributed by atoms with van der Waals surface area (Å²) in [7, 11) is -5.49. The van der Waals surface area contributed by atoms with E-state index in [4.69, 9.17) is 27.9 Å². The molecule has 4 rings (SSSR count). The average molecular weight is 552 g/mol. The molecule has 0 saturated carbocycles. The highest BCUT2D eigenvalue weighted by molar-refractivity contribution is 6.87. The van der Waals surface area contributed by atoms with Crippen LogP contribution >= 0.6 is 0 Å². The van der Waals surface area contributed by atoms with Crippen LogP contribution in [0.5, 0.6) is 17.2 Å². The number of hydrogen-bond donors (Lipinski definition) is 0. The van der Waals surface area contributed by atoms with E-state index in [0.717, 1.165) is 36.4 Å². The van der Waals surface area contributed by atoms with E-state index in [-0.39, 0.29) is 19.8 Å². The van der Waals surface area contributed by atoms with Crippen LogP contribution in [0.4, 0.5) is 26.3 Å². The Labute approximate surface area is 221 Å². The summed E-state index contributed by atoms with van der Waals surface area (Å²) < 4.78 is 121. The summed E-state index contributed by atoms with van der Waals surface area (Å²) in [6.07, 6.45) is 0. The predicted octanol–water partition coefficient (Wildman–Crippen LogP) is 3.27. The zero-order valence-electron chi connectivity index (χ0n) is 21.0. The molecule has 3 aromatic carbocycles. The van der Waals surface area contributed by atoms with Crippen molar-refractivity contribution in [3.05, 3.63) is 71.3 Å². The molecule has 0 aliphatic carbocycles. The minimum atomic E-state index is -1.83. The van der Waals surface area contributed by atoms with Crippen molar-refractivity contribution < 1.29 is 54.3 Å². The minimum absolute atomic E-state index is 0.0509. The lowest BCUT2D eigenvalue weighted by Gasteiger charge is -2.32. The maximum absolute atomic E-state index is 15.0. The van der Waals surface area contributed by atoms with Crippen molar-refractivity contribution in [2.45, 2.75) is 20.8 Å². The van der Waals surface area contributed by atoms with E-state index in [1.165, 1.54) is 0 Å². The number of hydrogen-bond acceptors (Lipinski definition) is 6.